The molecule has 3 aromatic rings. The molecule has 3 heterocycles. The molecule has 1 aromatic heterocycles. The smallest absolute Gasteiger partial charge is 0.254 e. The number of carbonyl (C=O) groups excluding carboxylic acids is 1. The van der Waals surface area contributed by atoms with Crippen molar-refractivity contribution in [2.75, 3.05) is 62.2 Å². The Morgan fingerprint density at radius 3 is 2.32 bits per heavy atom. The maximum absolute atomic E-state index is 13.4. The number of aryl methyl sites for hydroxylation is 1. The van der Waals surface area contributed by atoms with Gasteiger partial charge in [0.15, 0.2) is 5.82 Å². The maximum Gasteiger partial charge on any atom is 0.254 e. The van der Waals surface area contributed by atoms with Gasteiger partial charge in [-0.2, -0.15) is 5.26 Å². The van der Waals surface area contributed by atoms with E-state index >= 15 is 0 Å². The van der Waals surface area contributed by atoms with Crippen molar-refractivity contribution < 1.29 is 9.18 Å². The number of carbonyl (C=O) groups is 1. The number of rotatable bonds is 5. The molecule has 2 saturated heterocycles. The lowest BCUT2D eigenvalue weighted by Gasteiger charge is -2.36. The van der Waals surface area contributed by atoms with Crippen LogP contribution in [-0.4, -0.2) is 78.0 Å². The van der Waals surface area contributed by atoms with E-state index in [9.17, 15) is 14.4 Å². The van der Waals surface area contributed by atoms with Crippen LogP contribution in [0.1, 0.15) is 27.0 Å². The summed E-state index contributed by atoms with van der Waals surface area (Å²) in [5, 5.41) is 9.42. The molecular weight excluding hydrogens is 469 g/mol. The van der Waals surface area contributed by atoms with Crippen molar-refractivity contribution in [2.24, 2.45) is 0 Å². The first-order chi connectivity index (χ1) is 18.0. The second-order valence-corrected chi connectivity index (χ2v) is 9.52. The van der Waals surface area contributed by atoms with Gasteiger partial charge in [-0.25, -0.2) is 14.4 Å². The summed E-state index contributed by atoms with van der Waals surface area (Å²) in [5.41, 5.74) is 4.54. The Hall–Kier alpha value is -4.03. The van der Waals surface area contributed by atoms with Gasteiger partial charge >= 0.3 is 0 Å². The molecular formula is C28H30FN7O. The van der Waals surface area contributed by atoms with Gasteiger partial charge in [-0.3, -0.25) is 9.69 Å². The molecule has 1 amide bonds. The van der Waals surface area contributed by atoms with Gasteiger partial charge < -0.3 is 14.7 Å². The summed E-state index contributed by atoms with van der Waals surface area (Å²) < 4.78 is 13.1. The number of hydrogen-bond acceptors (Lipinski definition) is 7. The topological polar surface area (TPSA) is 79.6 Å². The molecule has 190 valence electrons. The third-order valence-corrected chi connectivity index (χ3v) is 7.13. The molecule has 0 atom stereocenters. The van der Waals surface area contributed by atoms with Crippen LogP contribution in [0, 0.1) is 24.1 Å². The van der Waals surface area contributed by atoms with Crippen molar-refractivity contribution in [2.45, 2.75) is 13.5 Å². The number of piperazine rings is 2. The zero-order valence-corrected chi connectivity index (χ0v) is 21.0. The third-order valence-electron chi connectivity index (χ3n) is 7.13. The van der Waals surface area contributed by atoms with E-state index in [1.54, 1.807) is 0 Å². The van der Waals surface area contributed by atoms with Crippen LogP contribution in [-0.2, 0) is 6.54 Å². The Morgan fingerprint density at radius 2 is 1.62 bits per heavy atom. The van der Waals surface area contributed by atoms with Crippen LogP contribution in [0.15, 0.2) is 54.9 Å². The minimum atomic E-state index is -0.459. The minimum Gasteiger partial charge on any atom is -0.368 e. The minimum absolute atomic E-state index is 0.0388. The fourth-order valence-corrected chi connectivity index (χ4v) is 5.00. The molecule has 0 spiro atoms. The SMILES string of the molecule is Cc1ccc(CN2CCN(c3ccccc3C#N)CC2)cc1C(=O)N1CCN(c2ncc(F)cn2)CC1. The summed E-state index contributed by atoms with van der Waals surface area (Å²) in [4.78, 5) is 30.0. The average molecular weight is 500 g/mol. The zero-order chi connectivity index (χ0) is 25.8. The van der Waals surface area contributed by atoms with Crippen molar-refractivity contribution in [3.63, 3.8) is 0 Å². The van der Waals surface area contributed by atoms with Gasteiger partial charge in [-0.15, -0.1) is 0 Å². The van der Waals surface area contributed by atoms with Gasteiger partial charge in [0.1, 0.15) is 6.07 Å². The second-order valence-electron chi connectivity index (χ2n) is 9.52. The van der Waals surface area contributed by atoms with E-state index in [0.717, 1.165) is 55.1 Å². The molecule has 2 fully saturated rings. The lowest BCUT2D eigenvalue weighted by atomic mass is 10.0. The van der Waals surface area contributed by atoms with Gasteiger partial charge in [-0.05, 0) is 36.2 Å². The number of anilines is 2. The highest BCUT2D eigenvalue weighted by Gasteiger charge is 2.25. The van der Waals surface area contributed by atoms with Gasteiger partial charge in [-0.1, -0.05) is 24.3 Å². The predicted octanol–water partition coefficient (Wildman–Crippen LogP) is 3.08. The van der Waals surface area contributed by atoms with E-state index in [0.29, 0.717) is 37.7 Å². The summed E-state index contributed by atoms with van der Waals surface area (Å²) in [6.45, 7) is 8.61. The molecule has 5 rings (SSSR count). The summed E-state index contributed by atoms with van der Waals surface area (Å²) >= 11 is 0. The Labute approximate surface area is 216 Å². The highest BCUT2D eigenvalue weighted by Crippen LogP contribution is 2.23. The number of halogens is 1. The number of aromatic nitrogens is 2. The van der Waals surface area contributed by atoms with E-state index in [1.807, 2.05) is 53.1 Å². The monoisotopic (exact) mass is 499 g/mol. The Balaban J connectivity index is 1.18. The number of nitriles is 1. The molecule has 37 heavy (non-hydrogen) atoms. The molecule has 9 heteroatoms. The van der Waals surface area contributed by atoms with Crippen LogP contribution < -0.4 is 9.80 Å². The number of para-hydroxylation sites is 1. The third kappa shape index (κ3) is 5.54. The van der Waals surface area contributed by atoms with E-state index in [2.05, 4.69) is 31.9 Å². The standard InChI is InChI=1S/C28H30FN7O/c1-21-6-7-22(20-33-8-10-34(11-9-33)26-5-3-2-4-23(26)17-30)16-25(21)27(37)35-12-14-36(15-13-35)28-31-18-24(29)19-32-28/h2-7,16,18-19H,8-15,20H2,1H3. The molecule has 0 aliphatic carbocycles. The normalized spacial score (nSPS) is 16.5. The van der Waals surface area contributed by atoms with E-state index < -0.39 is 5.82 Å². The summed E-state index contributed by atoms with van der Waals surface area (Å²) in [6, 6.07) is 16.2. The van der Waals surface area contributed by atoms with Gasteiger partial charge in [0.2, 0.25) is 5.95 Å². The van der Waals surface area contributed by atoms with Crippen LogP contribution in [0.4, 0.5) is 16.0 Å². The van der Waals surface area contributed by atoms with Crippen LogP contribution >= 0.6 is 0 Å². The quantitative estimate of drug-likeness (QED) is 0.534. The number of hydrogen-bond donors (Lipinski definition) is 0. The fourth-order valence-electron chi connectivity index (χ4n) is 5.00. The average Bonchev–Trinajstić information content (AvgIpc) is 2.94. The Bertz CT molecular complexity index is 1290. The van der Waals surface area contributed by atoms with Crippen molar-refractivity contribution in [1.29, 1.82) is 5.26 Å². The largest absolute Gasteiger partial charge is 0.368 e. The molecule has 2 aromatic carbocycles. The van der Waals surface area contributed by atoms with E-state index in [-0.39, 0.29) is 5.91 Å². The summed E-state index contributed by atoms with van der Waals surface area (Å²) in [5.74, 6) is 0.0685. The molecule has 2 aliphatic rings. The maximum atomic E-state index is 13.4. The number of amides is 1. The first-order valence-corrected chi connectivity index (χ1v) is 12.6. The number of benzene rings is 2. The van der Waals surface area contributed by atoms with Crippen molar-refractivity contribution >= 4 is 17.5 Å². The molecule has 8 nitrogen and oxygen atoms in total. The highest BCUT2D eigenvalue weighted by atomic mass is 19.1. The van der Waals surface area contributed by atoms with E-state index in [1.165, 1.54) is 12.4 Å². The Kier molecular flexibility index (Phi) is 7.28. The first-order valence-electron chi connectivity index (χ1n) is 12.6. The molecule has 0 unspecified atom stereocenters. The first kappa shape index (κ1) is 24.7. The molecule has 0 radical (unpaired) electrons. The molecule has 0 N–H and O–H groups in total. The second kappa shape index (κ2) is 10.9. The van der Waals surface area contributed by atoms with Crippen LogP contribution in [0.2, 0.25) is 0 Å². The fraction of sp³-hybridized carbons (Fsp3) is 0.357. The lowest BCUT2D eigenvalue weighted by molar-refractivity contribution is 0.0745. The van der Waals surface area contributed by atoms with Crippen LogP contribution in [0.3, 0.4) is 0 Å². The van der Waals surface area contributed by atoms with Crippen LogP contribution in [0.25, 0.3) is 0 Å². The highest BCUT2D eigenvalue weighted by molar-refractivity contribution is 5.96. The van der Waals surface area contributed by atoms with Crippen LogP contribution in [0.5, 0.6) is 0 Å². The zero-order valence-electron chi connectivity index (χ0n) is 21.0. The lowest BCUT2D eigenvalue weighted by Crippen LogP contribution is -2.49. The molecule has 0 bridgehead atoms. The van der Waals surface area contributed by atoms with Crippen molar-refractivity contribution in [3.8, 4) is 6.07 Å². The molecule has 2 aliphatic heterocycles. The van der Waals surface area contributed by atoms with E-state index in [4.69, 9.17) is 0 Å². The number of nitrogens with zero attached hydrogens (tertiary/aromatic N) is 7. The van der Waals surface area contributed by atoms with Gasteiger partial charge in [0.05, 0.1) is 23.6 Å². The van der Waals surface area contributed by atoms with Gasteiger partial charge in [0.25, 0.3) is 5.91 Å². The van der Waals surface area contributed by atoms with Crippen molar-refractivity contribution in [1.82, 2.24) is 19.8 Å². The van der Waals surface area contributed by atoms with Gasteiger partial charge in [0, 0.05) is 64.5 Å². The predicted molar refractivity (Wildman–Crippen MR) is 140 cm³/mol. The summed E-state index contributed by atoms with van der Waals surface area (Å²) in [7, 11) is 0. The molecule has 0 saturated carbocycles. The Morgan fingerprint density at radius 1 is 0.946 bits per heavy atom. The van der Waals surface area contributed by atoms with Crippen molar-refractivity contribution in [3.05, 3.63) is 82.9 Å². The summed E-state index contributed by atoms with van der Waals surface area (Å²) in [6.07, 6.45) is 2.33.